The van der Waals surface area contributed by atoms with Gasteiger partial charge in [-0.05, 0) is 19.4 Å². The van der Waals surface area contributed by atoms with Crippen molar-refractivity contribution < 1.29 is 19.5 Å². The van der Waals surface area contributed by atoms with Crippen molar-refractivity contribution in [3.8, 4) is 0 Å². The van der Waals surface area contributed by atoms with E-state index in [9.17, 15) is 14.4 Å². The van der Waals surface area contributed by atoms with Crippen molar-refractivity contribution >= 4 is 23.7 Å². The van der Waals surface area contributed by atoms with Crippen LogP contribution in [0.1, 0.15) is 25.0 Å². The summed E-state index contributed by atoms with van der Waals surface area (Å²) < 4.78 is 0. The maximum Gasteiger partial charge on any atom is 0.328 e. The Labute approximate surface area is 133 Å². The summed E-state index contributed by atoms with van der Waals surface area (Å²) in [4.78, 5) is 38.0. The number of hydrogen-bond donors (Lipinski definition) is 3. The number of rotatable bonds is 5. The molecular weight excluding hydrogens is 300 g/mol. The molecule has 3 amide bonds. The summed E-state index contributed by atoms with van der Waals surface area (Å²) in [5.74, 6) is -1.93. The summed E-state index contributed by atoms with van der Waals surface area (Å²) in [6.07, 6.45) is 0. The minimum Gasteiger partial charge on any atom is -0.480 e. The van der Waals surface area contributed by atoms with Gasteiger partial charge >= 0.3 is 12.0 Å². The van der Waals surface area contributed by atoms with Crippen LogP contribution in [0.3, 0.4) is 0 Å². The molecule has 1 aliphatic heterocycles. The van der Waals surface area contributed by atoms with Crippen LogP contribution in [-0.2, 0) is 15.1 Å². The molecule has 0 bridgehead atoms. The SMILES string of the molecule is CCN1C(=O)N(CC(=O)O)C(=O)C1(C)c1ccc(C(=N)N)cc1. The number of carbonyl (C=O) groups excluding carboxylic acids is 2. The number of urea groups is 1. The van der Waals surface area contributed by atoms with E-state index in [4.69, 9.17) is 16.2 Å². The molecule has 122 valence electrons. The fraction of sp³-hybridized carbons (Fsp3) is 0.333. The number of carbonyl (C=O) groups is 3. The lowest BCUT2D eigenvalue weighted by Gasteiger charge is -2.31. The summed E-state index contributed by atoms with van der Waals surface area (Å²) >= 11 is 0. The van der Waals surface area contributed by atoms with Crippen LogP contribution in [0.2, 0.25) is 0 Å². The first-order valence-electron chi connectivity index (χ1n) is 7.03. The van der Waals surface area contributed by atoms with Crippen molar-refractivity contribution in [2.45, 2.75) is 19.4 Å². The van der Waals surface area contributed by atoms with Crippen molar-refractivity contribution in [3.05, 3.63) is 35.4 Å². The molecule has 23 heavy (non-hydrogen) atoms. The number of carboxylic acids is 1. The number of likely N-dealkylation sites (N-methyl/N-ethyl adjacent to an activating group) is 1. The first-order chi connectivity index (χ1) is 10.7. The highest BCUT2D eigenvalue weighted by Gasteiger charge is 2.55. The molecule has 0 aliphatic carbocycles. The summed E-state index contributed by atoms with van der Waals surface area (Å²) in [5, 5.41) is 16.3. The van der Waals surface area contributed by atoms with Gasteiger partial charge in [-0.1, -0.05) is 24.3 Å². The second-order valence-electron chi connectivity index (χ2n) is 5.38. The van der Waals surface area contributed by atoms with E-state index in [0.717, 1.165) is 4.90 Å². The molecule has 0 saturated carbocycles. The Bertz CT molecular complexity index is 685. The standard InChI is InChI=1S/C15H18N4O4/c1-3-19-14(23)18(8-11(20)21)13(22)15(19,2)10-6-4-9(5-7-10)12(16)17/h4-7H,3,8H2,1-2H3,(H3,16,17)(H,20,21). The quantitative estimate of drug-likeness (QED) is 0.415. The van der Waals surface area contributed by atoms with Gasteiger partial charge in [0, 0.05) is 12.1 Å². The summed E-state index contributed by atoms with van der Waals surface area (Å²) in [6.45, 7) is 2.89. The monoisotopic (exact) mass is 318 g/mol. The number of hydrogen-bond acceptors (Lipinski definition) is 4. The lowest BCUT2D eigenvalue weighted by molar-refractivity contribution is -0.143. The molecule has 0 radical (unpaired) electrons. The molecular formula is C15H18N4O4. The van der Waals surface area contributed by atoms with E-state index in [0.29, 0.717) is 11.1 Å². The third-order valence-corrected chi connectivity index (χ3v) is 4.03. The molecule has 4 N–H and O–H groups in total. The van der Waals surface area contributed by atoms with Gasteiger partial charge < -0.3 is 15.7 Å². The predicted molar refractivity (Wildman–Crippen MR) is 81.9 cm³/mol. The number of amides is 3. The molecule has 1 aromatic rings. The largest absolute Gasteiger partial charge is 0.480 e. The van der Waals surface area contributed by atoms with Crippen molar-refractivity contribution in [2.75, 3.05) is 13.1 Å². The van der Waals surface area contributed by atoms with E-state index >= 15 is 0 Å². The van der Waals surface area contributed by atoms with Crippen LogP contribution in [0.4, 0.5) is 4.79 Å². The molecule has 2 rings (SSSR count). The van der Waals surface area contributed by atoms with Gasteiger partial charge in [0.15, 0.2) is 0 Å². The van der Waals surface area contributed by atoms with E-state index in [2.05, 4.69) is 0 Å². The van der Waals surface area contributed by atoms with Crippen LogP contribution in [-0.4, -0.2) is 51.7 Å². The number of benzene rings is 1. The Morgan fingerprint density at radius 1 is 1.30 bits per heavy atom. The van der Waals surface area contributed by atoms with Crippen LogP contribution in [0, 0.1) is 5.41 Å². The number of nitrogens with two attached hydrogens (primary N) is 1. The molecule has 1 aromatic carbocycles. The first kappa shape index (κ1) is 16.5. The first-order valence-corrected chi connectivity index (χ1v) is 7.03. The van der Waals surface area contributed by atoms with Gasteiger partial charge in [0.05, 0.1) is 0 Å². The van der Waals surface area contributed by atoms with E-state index in [-0.39, 0.29) is 12.4 Å². The number of nitrogen functional groups attached to an aromatic ring is 1. The van der Waals surface area contributed by atoms with Gasteiger partial charge in [0.2, 0.25) is 0 Å². The third-order valence-electron chi connectivity index (χ3n) is 4.03. The third kappa shape index (κ3) is 2.52. The molecule has 1 saturated heterocycles. The minimum absolute atomic E-state index is 0.102. The number of nitrogens with zero attached hydrogens (tertiary/aromatic N) is 2. The molecule has 0 spiro atoms. The zero-order chi connectivity index (χ0) is 17.4. The maximum absolute atomic E-state index is 12.7. The highest BCUT2D eigenvalue weighted by molar-refractivity contribution is 6.08. The van der Waals surface area contributed by atoms with Gasteiger partial charge in [-0.3, -0.25) is 19.9 Å². The molecule has 1 aliphatic rings. The highest BCUT2D eigenvalue weighted by atomic mass is 16.4. The fourth-order valence-electron chi connectivity index (χ4n) is 2.78. The lowest BCUT2D eigenvalue weighted by atomic mass is 9.89. The van der Waals surface area contributed by atoms with Crippen molar-refractivity contribution in [3.63, 3.8) is 0 Å². The zero-order valence-corrected chi connectivity index (χ0v) is 12.9. The Kier molecular flexibility index (Phi) is 4.09. The zero-order valence-electron chi connectivity index (χ0n) is 12.9. The summed E-state index contributed by atoms with van der Waals surface area (Å²) in [7, 11) is 0. The summed E-state index contributed by atoms with van der Waals surface area (Å²) in [6, 6.07) is 5.80. The lowest BCUT2D eigenvalue weighted by Crippen LogP contribution is -2.44. The number of amidine groups is 1. The maximum atomic E-state index is 12.7. The minimum atomic E-state index is -1.28. The van der Waals surface area contributed by atoms with Gasteiger partial charge in [0.25, 0.3) is 5.91 Å². The Morgan fingerprint density at radius 2 is 1.87 bits per heavy atom. The fourth-order valence-corrected chi connectivity index (χ4v) is 2.78. The van der Waals surface area contributed by atoms with Crippen molar-refractivity contribution in [1.82, 2.24) is 9.80 Å². The Balaban J connectivity index is 2.48. The molecule has 8 heteroatoms. The van der Waals surface area contributed by atoms with Crippen molar-refractivity contribution in [2.24, 2.45) is 5.73 Å². The van der Waals surface area contributed by atoms with Gasteiger partial charge in [-0.15, -0.1) is 0 Å². The average Bonchev–Trinajstić information content (AvgIpc) is 2.68. The van der Waals surface area contributed by atoms with Gasteiger partial charge in [-0.2, -0.15) is 0 Å². The van der Waals surface area contributed by atoms with Crippen molar-refractivity contribution in [1.29, 1.82) is 5.41 Å². The number of aliphatic carboxylic acids is 1. The van der Waals surface area contributed by atoms with Crippen LogP contribution in [0.5, 0.6) is 0 Å². The van der Waals surface area contributed by atoms with E-state index in [1.807, 2.05) is 0 Å². The van der Waals surface area contributed by atoms with Gasteiger partial charge in [0.1, 0.15) is 17.9 Å². The normalized spacial score (nSPS) is 21.0. The predicted octanol–water partition coefficient (Wildman–Crippen LogP) is 0.555. The smallest absolute Gasteiger partial charge is 0.328 e. The second-order valence-corrected chi connectivity index (χ2v) is 5.38. The molecule has 1 atom stereocenters. The average molecular weight is 318 g/mol. The van der Waals surface area contributed by atoms with E-state index < -0.39 is 30.0 Å². The highest BCUT2D eigenvalue weighted by Crippen LogP contribution is 2.37. The van der Waals surface area contributed by atoms with E-state index in [1.54, 1.807) is 38.1 Å². The molecule has 8 nitrogen and oxygen atoms in total. The van der Waals surface area contributed by atoms with Crippen LogP contribution < -0.4 is 5.73 Å². The number of carboxylic acid groups (broad SMARTS) is 1. The Hall–Kier alpha value is -2.90. The topological polar surface area (TPSA) is 128 Å². The van der Waals surface area contributed by atoms with Crippen LogP contribution >= 0.6 is 0 Å². The molecule has 1 fully saturated rings. The summed E-state index contributed by atoms with van der Waals surface area (Å²) in [5.41, 5.74) is 5.16. The molecule has 1 unspecified atom stereocenters. The molecule has 1 heterocycles. The number of nitrogens with one attached hydrogen (secondary N) is 1. The van der Waals surface area contributed by atoms with Crippen LogP contribution in [0.25, 0.3) is 0 Å². The van der Waals surface area contributed by atoms with Gasteiger partial charge in [-0.25, -0.2) is 4.79 Å². The number of imide groups is 1. The van der Waals surface area contributed by atoms with E-state index in [1.165, 1.54) is 4.90 Å². The van der Waals surface area contributed by atoms with Crippen LogP contribution in [0.15, 0.2) is 24.3 Å². The Morgan fingerprint density at radius 3 is 2.30 bits per heavy atom. The molecule has 0 aromatic heterocycles. The second kappa shape index (κ2) is 5.71.